The molecule has 0 aliphatic carbocycles. The number of amides is 1. The first kappa shape index (κ1) is 16.8. The van der Waals surface area contributed by atoms with Gasteiger partial charge in [0.1, 0.15) is 5.37 Å². The summed E-state index contributed by atoms with van der Waals surface area (Å²) in [5, 5.41) is -0.712. The zero-order chi connectivity index (χ0) is 17.5. The lowest BCUT2D eigenvalue weighted by Crippen LogP contribution is -2.28. The van der Waals surface area contributed by atoms with Gasteiger partial charge in [-0.1, -0.05) is 12.1 Å². The molecule has 126 valence electrons. The molecule has 2 aromatic rings. The molecular weight excluding hydrogens is 349 g/mol. The van der Waals surface area contributed by atoms with Crippen LogP contribution in [0.15, 0.2) is 42.5 Å². The average Bonchev–Trinajstić information content (AvgIpc) is 2.91. The minimum absolute atomic E-state index is 0.0416. The van der Waals surface area contributed by atoms with Crippen LogP contribution < -0.4 is 4.90 Å². The lowest BCUT2D eigenvalue weighted by atomic mass is 10.1. The van der Waals surface area contributed by atoms with Gasteiger partial charge in [-0.05, 0) is 35.9 Å². The summed E-state index contributed by atoms with van der Waals surface area (Å²) in [7, 11) is 0. The van der Waals surface area contributed by atoms with Gasteiger partial charge >= 0.3 is 6.18 Å². The van der Waals surface area contributed by atoms with Crippen LogP contribution in [-0.4, -0.2) is 11.7 Å². The molecule has 1 heterocycles. The van der Waals surface area contributed by atoms with Gasteiger partial charge in [-0.25, -0.2) is 8.78 Å². The van der Waals surface area contributed by atoms with E-state index < -0.39 is 34.7 Å². The molecule has 2 nitrogen and oxygen atoms in total. The quantitative estimate of drug-likeness (QED) is 0.721. The molecule has 0 saturated carbocycles. The normalized spacial score (nSPS) is 18.3. The van der Waals surface area contributed by atoms with Crippen LogP contribution in [0.3, 0.4) is 0 Å². The number of anilines is 1. The first-order valence-corrected chi connectivity index (χ1v) is 7.88. The molecule has 3 rings (SSSR count). The predicted molar refractivity (Wildman–Crippen MR) is 80.5 cm³/mol. The molecule has 1 aliphatic rings. The van der Waals surface area contributed by atoms with Gasteiger partial charge in [0.25, 0.3) is 0 Å². The Kier molecular flexibility index (Phi) is 4.25. The van der Waals surface area contributed by atoms with Crippen molar-refractivity contribution in [1.29, 1.82) is 0 Å². The summed E-state index contributed by atoms with van der Waals surface area (Å²) in [6.07, 6.45) is -4.54. The van der Waals surface area contributed by atoms with Crippen LogP contribution in [0.2, 0.25) is 0 Å². The van der Waals surface area contributed by atoms with Crippen LogP contribution in [-0.2, 0) is 11.0 Å². The van der Waals surface area contributed by atoms with Crippen LogP contribution in [0.5, 0.6) is 0 Å². The highest BCUT2D eigenvalue weighted by Crippen LogP contribution is 2.43. The molecule has 2 aromatic carbocycles. The van der Waals surface area contributed by atoms with E-state index in [4.69, 9.17) is 0 Å². The van der Waals surface area contributed by atoms with Crippen molar-refractivity contribution in [3.63, 3.8) is 0 Å². The largest absolute Gasteiger partial charge is 0.416 e. The molecule has 0 bridgehead atoms. The SMILES string of the molecule is O=C1CSC(c2ccc(F)c(F)c2)N1c1cccc(C(F)(F)F)c1. The molecule has 0 spiro atoms. The molecule has 1 amide bonds. The van der Waals surface area contributed by atoms with E-state index in [0.717, 1.165) is 36.0 Å². The Morgan fingerprint density at radius 2 is 1.79 bits per heavy atom. The molecule has 1 fully saturated rings. The molecule has 24 heavy (non-hydrogen) atoms. The Balaban J connectivity index is 2.01. The van der Waals surface area contributed by atoms with E-state index in [2.05, 4.69) is 0 Å². The molecule has 0 aromatic heterocycles. The number of halogens is 5. The maximum atomic E-state index is 13.4. The van der Waals surface area contributed by atoms with Crippen LogP contribution in [0.25, 0.3) is 0 Å². The molecule has 1 atom stereocenters. The van der Waals surface area contributed by atoms with Crippen LogP contribution in [0.4, 0.5) is 27.6 Å². The fourth-order valence-electron chi connectivity index (χ4n) is 2.45. The topological polar surface area (TPSA) is 20.3 Å². The van der Waals surface area contributed by atoms with Gasteiger partial charge in [0, 0.05) is 5.69 Å². The number of nitrogens with zero attached hydrogens (tertiary/aromatic N) is 1. The number of rotatable bonds is 2. The van der Waals surface area contributed by atoms with Crippen molar-refractivity contribution in [3.05, 3.63) is 65.2 Å². The molecule has 8 heteroatoms. The minimum Gasteiger partial charge on any atom is -0.295 e. The van der Waals surface area contributed by atoms with Crippen molar-refractivity contribution < 1.29 is 26.7 Å². The Labute approximate surface area is 138 Å². The summed E-state index contributed by atoms with van der Waals surface area (Å²) >= 11 is 1.14. The highest BCUT2D eigenvalue weighted by Gasteiger charge is 2.36. The smallest absolute Gasteiger partial charge is 0.295 e. The summed E-state index contributed by atoms with van der Waals surface area (Å²) in [5.41, 5.74) is -0.509. The van der Waals surface area contributed by atoms with Crippen LogP contribution in [0, 0.1) is 11.6 Å². The molecule has 0 N–H and O–H groups in total. The third-order valence-corrected chi connectivity index (χ3v) is 4.76. The van der Waals surface area contributed by atoms with Gasteiger partial charge < -0.3 is 0 Å². The van der Waals surface area contributed by atoms with Gasteiger partial charge in [0.2, 0.25) is 5.91 Å². The first-order valence-electron chi connectivity index (χ1n) is 6.83. The zero-order valence-corrected chi connectivity index (χ0v) is 12.8. The summed E-state index contributed by atoms with van der Waals surface area (Å²) in [4.78, 5) is 13.3. The van der Waals surface area contributed by atoms with Gasteiger partial charge in [-0.2, -0.15) is 13.2 Å². The van der Waals surface area contributed by atoms with Crippen LogP contribution >= 0.6 is 11.8 Å². The van der Waals surface area contributed by atoms with E-state index in [-0.39, 0.29) is 11.4 Å². The Morgan fingerprint density at radius 3 is 2.46 bits per heavy atom. The second kappa shape index (κ2) is 6.08. The van der Waals surface area contributed by atoms with Gasteiger partial charge in [0.05, 0.1) is 11.3 Å². The number of benzene rings is 2. The summed E-state index contributed by atoms with van der Waals surface area (Å²) < 4.78 is 65.1. The molecule has 1 unspecified atom stereocenters. The standard InChI is InChI=1S/C16H10F5NOS/c17-12-5-4-9(6-13(12)18)15-22(14(23)8-24-15)11-3-1-2-10(7-11)16(19,20)21/h1-7,15H,8H2. The lowest BCUT2D eigenvalue weighted by Gasteiger charge is -2.25. The molecule has 1 saturated heterocycles. The third kappa shape index (κ3) is 3.10. The van der Waals surface area contributed by atoms with E-state index in [1.54, 1.807) is 0 Å². The average molecular weight is 359 g/mol. The number of hydrogen-bond donors (Lipinski definition) is 0. The zero-order valence-electron chi connectivity index (χ0n) is 12.0. The lowest BCUT2D eigenvalue weighted by molar-refractivity contribution is -0.137. The van der Waals surface area contributed by atoms with Crippen molar-refractivity contribution in [3.8, 4) is 0 Å². The second-order valence-corrected chi connectivity index (χ2v) is 6.22. The van der Waals surface area contributed by atoms with Gasteiger partial charge in [-0.3, -0.25) is 9.69 Å². The van der Waals surface area contributed by atoms with Crippen molar-refractivity contribution >= 4 is 23.4 Å². The van der Waals surface area contributed by atoms with Crippen molar-refractivity contribution in [2.75, 3.05) is 10.7 Å². The number of carbonyl (C=O) groups excluding carboxylic acids is 1. The number of alkyl halides is 3. The first-order chi connectivity index (χ1) is 11.3. The number of thioether (sulfide) groups is 1. The maximum Gasteiger partial charge on any atom is 0.416 e. The van der Waals surface area contributed by atoms with Crippen LogP contribution in [0.1, 0.15) is 16.5 Å². The van der Waals surface area contributed by atoms with E-state index >= 15 is 0 Å². The third-order valence-electron chi connectivity index (χ3n) is 3.55. The Morgan fingerprint density at radius 1 is 1.04 bits per heavy atom. The molecule has 1 aliphatic heterocycles. The van der Waals surface area contributed by atoms with Gasteiger partial charge in [-0.15, -0.1) is 11.8 Å². The summed E-state index contributed by atoms with van der Waals surface area (Å²) in [5.74, 6) is -2.45. The highest BCUT2D eigenvalue weighted by molar-refractivity contribution is 8.00. The van der Waals surface area contributed by atoms with Crippen molar-refractivity contribution in [1.82, 2.24) is 0 Å². The minimum atomic E-state index is -4.54. The maximum absolute atomic E-state index is 13.4. The second-order valence-electron chi connectivity index (χ2n) is 5.15. The van der Waals surface area contributed by atoms with E-state index in [9.17, 15) is 26.7 Å². The summed E-state index contributed by atoms with van der Waals surface area (Å²) in [6, 6.07) is 7.56. The Bertz CT molecular complexity index is 792. The fraction of sp³-hybridized carbons (Fsp3) is 0.188. The highest BCUT2D eigenvalue weighted by atomic mass is 32.2. The number of hydrogen-bond acceptors (Lipinski definition) is 2. The molecule has 0 radical (unpaired) electrons. The predicted octanol–water partition coefficient (Wildman–Crippen LogP) is 4.76. The fourth-order valence-corrected chi connectivity index (χ4v) is 3.61. The summed E-state index contributed by atoms with van der Waals surface area (Å²) in [6.45, 7) is 0. The van der Waals surface area contributed by atoms with E-state index in [0.29, 0.717) is 5.56 Å². The monoisotopic (exact) mass is 359 g/mol. The Hall–Kier alpha value is -2.09. The van der Waals surface area contributed by atoms with Crippen molar-refractivity contribution in [2.24, 2.45) is 0 Å². The van der Waals surface area contributed by atoms with Crippen molar-refractivity contribution in [2.45, 2.75) is 11.6 Å². The van der Waals surface area contributed by atoms with E-state index in [1.165, 1.54) is 23.1 Å². The molecular formula is C16H10F5NOS. The van der Waals surface area contributed by atoms with Gasteiger partial charge in [0.15, 0.2) is 11.6 Å². The number of carbonyl (C=O) groups is 1. The van der Waals surface area contributed by atoms with E-state index in [1.807, 2.05) is 0 Å².